The summed E-state index contributed by atoms with van der Waals surface area (Å²) in [5, 5.41) is 0. The van der Waals surface area contributed by atoms with Gasteiger partial charge in [0.15, 0.2) is 5.76 Å². The third-order valence-corrected chi connectivity index (χ3v) is 5.83. The van der Waals surface area contributed by atoms with Gasteiger partial charge in [0.25, 0.3) is 0 Å². The van der Waals surface area contributed by atoms with Gasteiger partial charge in [-0.05, 0) is 50.5 Å². The average molecular weight is 365 g/mol. The zero-order valence-electron chi connectivity index (χ0n) is 15.7. The molecule has 1 saturated carbocycles. The zero-order chi connectivity index (χ0) is 18.5. The van der Waals surface area contributed by atoms with Gasteiger partial charge in [0, 0.05) is 18.7 Å². The summed E-state index contributed by atoms with van der Waals surface area (Å²) in [6.07, 6.45) is 6.68. The number of nitrogens with zero attached hydrogens (tertiary/aromatic N) is 1. The SMILES string of the molecule is Cc1ccc(/C=C2\Oc3c4c(cc(C)c3C2=O)OCN(C2CCCC2)C4)o1. The number of fused-ring (bicyclic) bond motifs is 3. The fourth-order valence-corrected chi connectivity index (χ4v) is 4.41. The highest BCUT2D eigenvalue weighted by molar-refractivity contribution is 6.15. The summed E-state index contributed by atoms with van der Waals surface area (Å²) < 4.78 is 17.7. The van der Waals surface area contributed by atoms with Crippen LogP contribution in [-0.2, 0) is 6.54 Å². The maximum absolute atomic E-state index is 13.0. The third kappa shape index (κ3) is 2.77. The number of aryl methyl sites for hydroxylation is 2. The minimum Gasteiger partial charge on any atom is -0.478 e. The van der Waals surface area contributed by atoms with Crippen LogP contribution in [0.5, 0.6) is 11.5 Å². The molecule has 2 aliphatic heterocycles. The van der Waals surface area contributed by atoms with Crippen LogP contribution in [0.25, 0.3) is 6.08 Å². The molecule has 3 heterocycles. The number of hydrogen-bond acceptors (Lipinski definition) is 5. The van der Waals surface area contributed by atoms with Crippen molar-refractivity contribution in [3.05, 3.63) is 52.2 Å². The summed E-state index contributed by atoms with van der Waals surface area (Å²) in [5.41, 5.74) is 2.53. The molecule has 1 fully saturated rings. The molecule has 27 heavy (non-hydrogen) atoms. The van der Waals surface area contributed by atoms with Crippen LogP contribution in [0, 0.1) is 13.8 Å². The van der Waals surface area contributed by atoms with Crippen molar-refractivity contribution < 1.29 is 18.7 Å². The topological polar surface area (TPSA) is 51.9 Å². The predicted octanol–water partition coefficient (Wildman–Crippen LogP) is 4.61. The van der Waals surface area contributed by atoms with Crippen LogP contribution in [-0.4, -0.2) is 23.5 Å². The highest BCUT2D eigenvalue weighted by atomic mass is 16.5. The van der Waals surface area contributed by atoms with Crippen molar-refractivity contribution in [1.29, 1.82) is 0 Å². The molecule has 1 aliphatic carbocycles. The van der Waals surface area contributed by atoms with Gasteiger partial charge in [-0.3, -0.25) is 9.69 Å². The second-order valence-corrected chi connectivity index (χ2v) is 7.72. The zero-order valence-corrected chi connectivity index (χ0v) is 15.7. The van der Waals surface area contributed by atoms with E-state index in [0.717, 1.165) is 29.2 Å². The largest absolute Gasteiger partial charge is 0.478 e. The van der Waals surface area contributed by atoms with E-state index in [1.165, 1.54) is 25.7 Å². The number of ketones is 1. The molecular weight excluding hydrogens is 342 g/mol. The maximum Gasteiger partial charge on any atom is 0.232 e. The fraction of sp³-hybridized carbons (Fsp3) is 0.409. The molecule has 5 heteroatoms. The Balaban J connectivity index is 1.52. The van der Waals surface area contributed by atoms with Crippen LogP contribution >= 0.6 is 0 Å². The van der Waals surface area contributed by atoms with Gasteiger partial charge in [0.05, 0.1) is 11.1 Å². The number of benzene rings is 1. The standard InChI is InChI=1S/C22H23NO4/c1-13-9-18-17(11-23(12-25-18)15-5-3-4-6-15)22-20(13)21(24)19(27-22)10-16-8-7-14(2)26-16/h7-10,15H,3-6,11-12H2,1-2H3/b19-10-. The van der Waals surface area contributed by atoms with Gasteiger partial charge in [-0.25, -0.2) is 0 Å². The van der Waals surface area contributed by atoms with Gasteiger partial charge >= 0.3 is 0 Å². The smallest absolute Gasteiger partial charge is 0.232 e. The lowest BCUT2D eigenvalue weighted by atomic mass is 9.98. The molecule has 0 unspecified atom stereocenters. The van der Waals surface area contributed by atoms with Crippen LogP contribution in [0.2, 0.25) is 0 Å². The van der Waals surface area contributed by atoms with Crippen molar-refractivity contribution in [3.63, 3.8) is 0 Å². The Morgan fingerprint density at radius 2 is 2.00 bits per heavy atom. The first-order valence-corrected chi connectivity index (χ1v) is 9.64. The normalized spacial score (nSPS) is 21.3. The molecular formula is C22H23NO4. The first kappa shape index (κ1) is 16.6. The number of hydrogen-bond donors (Lipinski definition) is 0. The van der Waals surface area contributed by atoms with Crippen LogP contribution in [0.1, 0.15) is 58.7 Å². The van der Waals surface area contributed by atoms with Crippen LogP contribution < -0.4 is 9.47 Å². The second-order valence-electron chi connectivity index (χ2n) is 7.72. The van der Waals surface area contributed by atoms with E-state index >= 15 is 0 Å². The van der Waals surface area contributed by atoms with Crippen LogP contribution in [0.15, 0.2) is 28.4 Å². The summed E-state index contributed by atoms with van der Waals surface area (Å²) in [6, 6.07) is 6.25. The number of Topliss-reactive ketones (excluding diaryl/α,β-unsaturated/α-hetero) is 1. The van der Waals surface area contributed by atoms with Crippen molar-refractivity contribution in [3.8, 4) is 11.5 Å². The summed E-state index contributed by atoms with van der Waals surface area (Å²) in [6.45, 7) is 5.19. The lowest BCUT2D eigenvalue weighted by Gasteiger charge is -2.34. The Morgan fingerprint density at radius 1 is 1.19 bits per heavy atom. The quantitative estimate of drug-likeness (QED) is 0.728. The van der Waals surface area contributed by atoms with Crippen molar-refractivity contribution >= 4 is 11.9 Å². The van der Waals surface area contributed by atoms with E-state index in [9.17, 15) is 4.79 Å². The number of ether oxygens (including phenoxy) is 2. The minimum atomic E-state index is -0.0858. The summed E-state index contributed by atoms with van der Waals surface area (Å²) in [7, 11) is 0. The van der Waals surface area contributed by atoms with Gasteiger partial charge in [-0.2, -0.15) is 0 Å². The van der Waals surface area contributed by atoms with E-state index in [1.54, 1.807) is 6.08 Å². The van der Waals surface area contributed by atoms with E-state index in [4.69, 9.17) is 13.9 Å². The maximum atomic E-state index is 13.0. The van der Waals surface area contributed by atoms with Crippen molar-refractivity contribution in [2.75, 3.05) is 6.73 Å². The first-order valence-electron chi connectivity index (χ1n) is 9.64. The molecule has 0 amide bonds. The molecule has 5 nitrogen and oxygen atoms in total. The number of carbonyl (C=O) groups is 1. The highest BCUT2D eigenvalue weighted by Gasteiger charge is 2.37. The molecule has 0 saturated heterocycles. The fourth-order valence-electron chi connectivity index (χ4n) is 4.41. The van der Waals surface area contributed by atoms with Gasteiger partial charge in [-0.1, -0.05) is 12.8 Å². The van der Waals surface area contributed by atoms with E-state index in [2.05, 4.69) is 4.90 Å². The van der Waals surface area contributed by atoms with Gasteiger partial charge < -0.3 is 13.9 Å². The molecule has 1 aromatic carbocycles. The van der Waals surface area contributed by atoms with Gasteiger partial charge in [-0.15, -0.1) is 0 Å². The molecule has 1 aromatic heterocycles. The molecule has 0 atom stereocenters. The van der Waals surface area contributed by atoms with Crippen LogP contribution in [0.4, 0.5) is 0 Å². The second kappa shape index (κ2) is 6.27. The Hall–Kier alpha value is -2.53. The lowest BCUT2D eigenvalue weighted by molar-refractivity contribution is 0.0567. The van der Waals surface area contributed by atoms with Crippen molar-refractivity contribution in [2.24, 2.45) is 0 Å². The Kier molecular flexibility index (Phi) is 3.86. The Labute approximate surface area is 158 Å². The predicted molar refractivity (Wildman–Crippen MR) is 101 cm³/mol. The molecule has 140 valence electrons. The van der Waals surface area contributed by atoms with E-state index in [-0.39, 0.29) is 5.78 Å². The minimum absolute atomic E-state index is 0.0858. The van der Waals surface area contributed by atoms with Crippen molar-refractivity contribution in [1.82, 2.24) is 4.90 Å². The van der Waals surface area contributed by atoms with E-state index in [1.807, 2.05) is 32.0 Å². The molecule has 5 rings (SSSR count). The highest BCUT2D eigenvalue weighted by Crippen LogP contribution is 2.44. The van der Waals surface area contributed by atoms with E-state index < -0.39 is 0 Å². The molecule has 0 bridgehead atoms. The number of rotatable bonds is 2. The van der Waals surface area contributed by atoms with E-state index in [0.29, 0.717) is 35.6 Å². The molecule has 0 N–H and O–H groups in total. The summed E-state index contributed by atoms with van der Waals surface area (Å²) in [5.74, 6) is 3.15. The Morgan fingerprint density at radius 3 is 2.74 bits per heavy atom. The average Bonchev–Trinajstić information content (AvgIpc) is 3.38. The molecule has 0 radical (unpaired) electrons. The molecule has 2 aromatic rings. The van der Waals surface area contributed by atoms with Gasteiger partial charge in [0.1, 0.15) is 29.8 Å². The third-order valence-electron chi connectivity index (χ3n) is 5.83. The molecule has 3 aliphatic rings. The Bertz CT molecular complexity index is 949. The number of carbonyl (C=O) groups excluding carboxylic acids is 1. The van der Waals surface area contributed by atoms with Crippen molar-refractivity contribution in [2.45, 2.75) is 52.1 Å². The summed E-state index contributed by atoms with van der Waals surface area (Å²) >= 11 is 0. The monoisotopic (exact) mass is 365 g/mol. The number of allylic oxidation sites excluding steroid dienone is 1. The number of furan rings is 1. The summed E-state index contributed by atoms with van der Waals surface area (Å²) in [4.78, 5) is 15.3. The lowest BCUT2D eigenvalue weighted by Crippen LogP contribution is -2.39. The first-order chi connectivity index (χ1) is 13.1. The van der Waals surface area contributed by atoms with Gasteiger partial charge in [0.2, 0.25) is 5.78 Å². The molecule has 0 spiro atoms. The van der Waals surface area contributed by atoms with Crippen LogP contribution in [0.3, 0.4) is 0 Å².